The van der Waals surface area contributed by atoms with Crippen molar-refractivity contribution in [2.45, 2.75) is 0 Å². The molecule has 0 spiro atoms. The average Bonchev–Trinajstić information content (AvgIpc) is 3.69. The summed E-state index contributed by atoms with van der Waals surface area (Å²) >= 11 is 0. The molecule has 5 heteroatoms. The summed E-state index contributed by atoms with van der Waals surface area (Å²) < 4.78 is 0. The fourth-order valence-corrected chi connectivity index (χ4v) is 8.73. The van der Waals surface area contributed by atoms with Crippen molar-refractivity contribution < 1.29 is 0 Å². The third-order valence-electron chi connectivity index (χ3n) is 11.7. The maximum atomic E-state index is 8.05. The van der Waals surface area contributed by atoms with Crippen LogP contribution in [0.3, 0.4) is 0 Å². The fraction of sp³-hybridized carbons (Fsp3) is 0. The largest absolute Gasteiger partial charge is 0.238 e. The van der Waals surface area contributed by atoms with Crippen LogP contribution in [0.4, 0.5) is 11.4 Å². The Hall–Kier alpha value is -8.77. The van der Waals surface area contributed by atoms with Crippen LogP contribution >= 0.6 is 0 Å². The molecule has 11 rings (SSSR count). The minimum absolute atomic E-state index is 0.553. The second-order valence-corrected chi connectivity index (χ2v) is 15.4. The third kappa shape index (κ3) is 6.39. The van der Waals surface area contributed by atoms with Gasteiger partial charge in [-0.1, -0.05) is 176 Å². The molecule has 0 atom stereocenters. The summed E-state index contributed by atoms with van der Waals surface area (Å²) in [6, 6.07) is 68.4. The Bertz CT molecular complexity index is 3470. The van der Waals surface area contributed by atoms with E-state index in [0.717, 1.165) is 55.6 Å². The Labute approximate surface area is 359 Å². The lowest BCUT2D eigenvalue weighted by Crippen LogP contribution is -2.01. The summed E-state index contributed by atoms with van der Waals surface area (Å²) in [5.41, 5.74) is 17.1. The van der Waals surface area contributed by atoms with Gasteiger partial charge in [0.2, 0.25) is 0 Å². The van der Waals surface area contributed by atoms with Gasteiger partial charge in [0.25, 0.3) is 0 Å². The molecule has 0 unspecified atom stereocenters. The molecule has 0 bridgehead atoms. The molecule has 1 aliphatic carbocycles. The third-order valence-corrected chi connectivity index (χ3v) is 11.7. The zero-order valence-electron chi connectivity index (χ0n) is 33.3. The van der Waals surface area contributed by atoms with E-state index in [9.17, 15) is 0 Å². The normalized spacial score (nSPS) is 11.2. The highest BCUT2D eigenvalue weighted by molar-refractivity contribution is 6.19. The van der Waals surface area contributed by atoms with Crippen molar-refractivity contribution in [1.82, 2.24) is 15.0 Å². The average molecular weight is 788 g/mol. The van der Waals surface area contributed by atoms with Crippen LogP contribution in [0, 0.1) is 13.1 Å². The fourth-order valence-electron chi connectivity index (χ4n) is 8.73. The maximum Gasteiger partial charge on any atom is 0.188 e. The molecule has 286 valence electrons. The van der Waals surface area contributed by atoms with E-state index in [4.69, 9.17) is 28.1 Å². The predicted octanol–water partition coefficient (Wildman–Crippen LogP) is 15.4. The van der Waals surface area contributed by atoms with E-state index >= 15 is 0 Å². The van der Waals surface area contributed by atoms with Crippen LogP contribution in [0.2, 0.25) is 0 Å². The first-order valence-corrected chi connectivity index (χ1v) is 20.4. The number of aromatic nitrogens is 3. The van der Waals surface area contributed by atoms with Crippen LogP contribution in [-0.4, -0.2) is 15.0 Å². The highest BCUT2D eigenvalue weighted by Crippen LogP contribution is 2.51. The van der Waals surface area contributed by atoms with E-state index in [-0.39, 0.29) is 0 Å². The van der Waals surface area contributed by atoms with Crippen molar-refractivity contribution >= 4 is 22.1 Å². The van der Waals surface area contributed by atoms with Crippen LogP contribution in [0.1, 0.15) is 0 Å². The summed E-state index contributed by atoms with van der Waals surface area (Å²) in [6.07, 6.45) is 0. The lowest BCUT2D eigenvalue weighted by atomic mass is 9.91. The number of hydrogen-bond acceptors (Lipinski definition) is 3. The molecule has 0 aliphatic heterocycles. The van der Waals surface area contributed by atoms with Gasteiger partial charge in [-0.15, -0.1) is 0 Å². The van der Waals surface area contributed by atoms with Gasteiger partial charge in [-0.2, -0.15) is 0 Å². The summed E-state index contributed by atoms with van der Waals surface area (Å²) in [4.78, 5) is 22.5. The van der Waals surface area contributed by atoms with E-state index in [1.54, 1.807) is 0 Å². The van der Waals surface area contributed by atoms with E-state index < -0.39 is 0 Å². The molecular formula is C57H33N5. The number of benzene rings is 9. The standard InChI is InChI=1S/C57H33N5/c1-58-45-29-26-37(27-30-45)47-17-6-9-20-52(47)57-61-55(39-12-4-3-5-13-39)60-56(62-57)40-24-22-36(23-25-40)43-33-44(35-46(34-43)59-2)41-15-10-16-42(32-41)48-31-28-38-14-11-21-50-49-18-7-8-19-51(49)54(48)53(38)50/h3-35H. The maximum absolute atomic E-state index is 8.05. The lowest BCUT2D eigenvalue weighted by Gasteiger charge is -2.14. The molecule has 0 amide bonds. The minimum Gasteiger partial charge on any atom is -0.238 e. The number of fused-ring (bicyclic) bond motifs is 3. The van der Waals surface area contributed by atoms with Crippen LogP contribution in [-0.2, 0) is 0 Å². The van der Waals surface area contributed by atoms with Crippen molar-refractivity contribution in [2.24, 2.45) is 0 Å². The van der Waals surface area contributed by atoms with E-state index in [1.165, 1.54) is 38.6 Å². The van der Waals surface area contributed by atoms with E-state index in [2.05, 4.69) is 113 Å². The first kappa shape index (κ1) is 36.3. The Morgan fingerprint density at radius 1 is 0.290 bits per heavy atom. The molecule has 1 aromatic heterocycles. The molecule has 1 aliphatic rings. The SMILES string of the molecule is [C-]#[N+]c1ccc(-c2ccccc2-c2nc(-c3ccccc3)nc(-c3ccc(-c4cc([N+]#[C-])cc(-c5cccc(-c6ccc7cccc8c7c6-c6ccccc6-8)c5)c4)cc3)n2)cc1. The second-order valence-electron chi connectivity index (χ2n) is 15.4. The van der Waals surface area contributed by atoms with E-state index in [1.807, 2.05) is 97.1 Å². The Balaban J connectivity index is 0.965. The molecule has 0 radical (unpaired) electrons. The van der Waals surface area contributed by atoms with Crippen molar-refractivity contribution in [3.8, 4) is 101 Å². The molecule has 10 aromatic rings. The number of hydrogen-bond donors (Lipinski definition) is 0. The van der Waals surface area contributed by atoms with Gasteiger partial charge in [-0.05, 0) is 102 Å². The lowest BCUT2D eigenvalue weighted by molar-refractivity contribution is 1.07. The molecule has 0 saturated heterocycles. The first-order valence-electron chi connectivity index (χ1n) is 20.4. The van der Waals surface area contributed by atoms with Crippen LogP contribution < -0.4 is 0 Å². The Morgan fingerprint density at radius 2 is 0.823 bits per heavy atom. The molecule has 62 heavy (non-hydrogen) atoms. The molecule has 0 fully saturated rings. The quantitative estimate of drug-likeness (QED) is 0.151. The summed E-state index contributed by atoms with van der Waals surface area (Å²) in [7, 11) is 0. The predicted molar refractivity (Wildman–Crippen MR) is 252 cm³/mol. The smallest absolute Gasteiger partial charge is 0.188 e. The minimum atomic E-state index is 0.553. The van der Waals surface area contributed by atoms with Gasteiger partial charge in [-0.3, -0.25) is 0 Å². The van der Waals surface area contributed by atoms with Crippen LogP contribution in [0.15, 0.2) is 200 Å². The monoisotopic (exact) mass is 787 g/mol. The van der Waals surface area contributed by atoms with Gasteiger partial charge in [0.05, 0.1) is 13.1 Å². The summed E-state index contributed by atoms with van der Waals surface area (Å²) in [5.74, 6) is 1.69. The second kappa shape index (κ2) is 15.1. The summed E-state index contributed by atoms with van der Waals surface area (Å²) in [5, 5.41) is 2.54. The van der Waals surface area contributed by atoms with Crippen LogP contribution in [0.25, 0.3) is 121 Å². The molecule has 0 saturated carbocycles. The highest BCUT2D eigenvalue weighted by atomic mass is 15.0. The highest BCUT2D eigenvalue weighted by Gasteiger charge is 2.24. The molecule has 1 heterocycles. The first-order chi connectivity index (χ1) is 30.6. The van der Waals surface area contributed by atoms with Gasteiger partial charge in [0.15, 0.2) is 28.8 Å². The van der Waals surface area contributed by atoms with Crippen molar-refractivity contribution in [2.75, 3.05) is 0 Å². The zero-order chi connectivity index (χ0) is 41.6. The topological polar surface area (TPSA) is 47.4 Å². The molecule has 0 N–H and O–H groups in total. The van der Waals surface area contributed by atoms with Gasteiger partial charge in [-0.25, -0.2) is 24.6 Å². The number of nitrogens with zero attached hydrogens (tertiary/aromatic N) is 5. The van der Waals surface area contributed by atoms with Crippen molar-refractivity contribution in [3.63, 3.8) is 0 Å². The van der Waals surface area contributed by atoms with Crippen molar-refractivity contribution in [1.29, 1.82) is 0 Å². The number of rotatable bonds is 7. The molecule has 9 aromatic carbocycles. The Morgan fingerprint density at radius 3 is 1.56 bits per heavy atom. The van der Waals surface area contributed by atoms with E-state index in [0.29, 0.717) is 28.8 Å². The zero-order valence-corrected chi connectivity index (χ0v) is 33.3. The van der Waals surface area contributed by atoms with Crippen LogP contribution in [0.5, 0.6) is 0 Å². The molecule has 5 nitrogen and oxygen atoms in total. The summed E-state index contributed by atoms with van der Waals surface area (Å²) in [6.45, 7) is 15.5. The van der Waals surface area contributed by atoms with Gasteiger partial charge in [0, 0.05) is 16.7 Å². The van der Waals surface area contributed by atoms with Gasteiger partial charge < -0.3 is 0 Å². The van der Waals surface area contributed by atoms with Gasteiger partial charge >= 0.3 is 0 Å². The molecular weight excluding hydrogens is 755 g/mol. The Kier molecular flexibility index (Phi) is 8.85. The van der Waals surface area contributed by atoms with Gasteiger partial charge in [0.1, 0.15) is 0 Å². The van der Waals surface area contributed by atoms with Crippen molar-refractivity contribution in [3.05, 3.63) is 223 Å².